The van der Waals surface area contributed by atoms with Crippen molar-refractivity contribution >= 4 is 5.82 Å². The number of aromatic nitrogens is 1. The number of pyridine rings is 1. The van der Waals surface area contributed by atoms with Crippen LogP contribution in [-0.4, -0.2) is 18.1 Å². The number of rotatable bonds is 4. The second-order valence-electron chi connectivity index (χ2n) is 4.79. The van der Waals surface area contributed by atoms with E-state index in [0.717, 1.165) is 17.5 Å². The van der Waals surface area contributed by atoms with Crippen LogP contribution in [0, 0.1) is 5.92 Å². The maximum Gasteiger partial charge on any atom is 0.137 e. The number of hydrogen-bond donors (Lipinski definition) is 1. The van der Waals surface area contributed by atoms with Crippen molar-refractivity contribution in [3.8, 4) is 5.75 Å². The largest absolute Gasteiger partial charge is 0.495 e. The third kappa shape index (κ3) is 3.11. The first-order valence-corrected chi connectivity index (χ1v) is 6.60. The summed E-state index contributed by atoms with van der Waals surface area (Å²) in [6, 6.07) is 4.55. The number of ether oxygens (including phenoxy) is 1. The summed E-state index contributed by atoms with van der Waals surface area (Å²) in [5.41, 5.74) is 0. The average Bonchev–Trinajstić information content (AvgIpc) is 2.40. The maximum atomic E-state index is 5.11. The van der Waals surface area contributed by atoms with Gasteiger partial charge in [0, 0.05) is 6.04 Å². The summed E-state index contributed by atoms with van der Waals surface area (Å²) >= 11 is 0. The number of hydrogen-bond acceptors (Lipinski definition) is 3. The van der Waals surface area contributed by atoms with Crippen LogP contribution in [0.1, 0.15) is 39.0 Å². The number of methoxy groups -OCH3 is 1. The Morgan fingerprint density at radius 3 is 2.82 bits per heavy atom. The zero-order valence-corrected chi connectivity index (χ0v) is 10.8. The summed E-state index contributed by atoms with van der Waals surface area (Å²) in [5.74, 6) is 2.58. The van der Waals surface area contributed by atoms with Crippen molar-refractivity contribution in [1.29, 1.82) is 0 Å². The van der Waals surface area contributed by atoms with E-state index >= 15 is 0 Å². The predicted octanol–water partition coefficient (Wildman–Crippen LogP) is 3.47. The fourth-order valence-electron chi connectivity index (χ4n) is 2.66. The lowest BCUT2D eigenvalue weighted by Gasteiger charge is -2.31. The van der Waals surface area contributed by atoms with Crippen molar-refractivity contribution < 1.29 is 4.74 Å². The first kappa shape index (κ1) is 12.2. The molecule has 17 heavy (non-hydrogen) atoms. The Labute approximate surface area is 104 Å². The van der Waals surface area contributed by atoms with Gasteiger partial charge in [-0.25, -0.2) is 4.98 Å². The fraction of sp³-hybridized carbons (Fsp3) is 0.643. The van der Waals surface area contributed by atoms with E-state index < -0.39 is 0 Å². The molecule has 2 unspecified atom stereocenters. The molecular weight excluding hydrogens is 212 g/mol. The Morgan fingerprint density at radius 1 is 1.35 bits per heavy atom. The van der Waals surface area contributed by atoms with Crippen LogP contribution in [0.4, 0.5) is 5.82 Å². The van der Waals surface area contributed by atoms with Crippen molar-refractivity contribution in [3.63, 3.8) is 0 Å². The molecule has 1 aromatic heterocycles. The molecule has 0 saturated heterocycles. The standard InChI is InChI=1S/C14H22N2O/c1-3-11-6-4-5-7-13(11)16-14-9-8-12(17-2)10-15-14/h8-11,13H,3-7H2,1-2H3,(H,15,16). The molecule has 0 spiro atoms. The number of nitrogens with one attached hydrogen (secondary N) is 1. The molecule has 1 heterocycles. The van der Waals surface area contributed by atoms with Gasteiger partial charge in [-0.15, -0.1) is 0 Å². The van der Waals surface area contributed by atoms with Gasteiger partial charge in [-0.3, -0.25) is 0 Å². The fourth-order valence-corrected chi connectivity index (χ4v) is 2.66. The van der Waals surface area contributed by atoms with Crippen LogP contribution < -0.4 is 10.1 Å². The van der Waals surface area contributed by atoms with Crippen LogP contribution in [0.25, 0.3) is 0 Å². The molecule has 0 bridgehead atoms. The first-order valence-electron chi connectivity index (χ1n) is 6.60. The van der Waals surface area contributed by atoms with E-state index in [1.165, 1.54) is 32.1 Å². The summed E-state index contributed by atoms with van der Waals surface area (Å²) in [6.45, 7) is 2.28. The normalized spacial score (nSPS) is 24.4. The van der Waals surface area contributed by atoms with Crippen LogP contribution in [-0.2, 0) is 0 Å². The molecule has 2 rings (SSSR count). The van der Waals surface area contributed by atoms with E-state index in [-0.39, 0.29) is 0 Å². The quantitative estimate of drug-likeness (QED) is 0.866. The molecule has 1 N–H and O–H groups in total. The third-order valence-corrected chi connectivity index (χ3v) is 3.74. The summed E-state index contributed by atoms with van der Waals surface area (Å²) in [6.07, 6.45) is 8.37. The van der Waals surface area contributed by atoms with Crippen LogP contribution in [0.3, 0.4) is 0 Å². The summed E-state index contributed by atoms with van der Waals surface area (Å²) in [4.78, 5) is 4.38. The van der Waals surface area contributed by atoms with Crippen molar-refractivity contribution in [2.75, 3.05) is 12.4 Å². The van der Waals surface area contributed by atoms with E-state index in [1.54, 1.807) is 13.3 Å². The molecule has 2 atom stereocenters. The zero-order valence-electron chi connectivity index (χ0n) is 10.8. The van der Waals surface area contributed by atoms with Gasteiger partial charge in [0.1, 0.15) is 11.6 Å². The Bertz CT molecular complexity index is 337. The number of nitrogens with zero attached hydrogens (tertiary/aromatic N) is 1. The van der Waals surface area contributed by atoms with Crippen LogP contribution in [0.15, 0.2) is 18.3 Å². The third-order valence-electron chi connectivity index (χ3n) is 3.74. The lowest BCUT2D eigenvalue weighted by molar-refractivity contribution is 0.317. The molecule has 0 radical (unpaired) electrons. The van der Waals surface area contributed by atoms with Gasteiger partial charge in [-0.1, -0.05) is 26.2 Å². The molecule has 1 saturated carbocycles. The lowest BCUT2D eigenvalue weighted by Crippen LogP contribution is -2.32. The van der Waals surface area contributed by atoms with Crippen molar-refractivity contribution in [3.05, 3.63) is 18.3 Å². The van der Waals surface area contributed by atoms with E-state index in [1.807, 2.05) is 12.1 Å². The molecule has 1 fully saturated rings. The van der Waals surface area contributed by atoms with Gasteiger partial charge in [0.15, 0.2) is 0 Å². The molecule has 3 nitrogen and oxygen atoms in total. The minimum atomic E-state index is 0.592. The molecule has 94 valence electrons. The summed E-state index contributed by atoms with van der Waals surface area (Å²) < 4.78 is 5.11. The second kappa shape index (κ2) is 5.89. The minimum absolute atomic E-state index is 0.592. The second-order valence-corrected chi connectivity index (χ2v) is 4.79. The Balaban J connectivity index is 1.98. The van der Waals surface area contributed by atoms with Crippen molar-refractivity contribution in [2.45, 2.75) is 45.1 Å². The van der Waals surface area contributed by atoms with E-state index in [2.05, 4.69) is 17.2 Å². The monoisotopic (exact) mass is 234 g/mol. The van der Waals surface area contributed by atoms with Gasteiger partial charge < -0.3 is 10.1 Å². The Morgan fingerprint density at radius 2 is 2.18 bits per heavy atom. The van der Waals surface area contributed by atoms with Gasteiger partial charge >= 0.3 is 0 Å². The predicted molar refractivity (Wildman–Crippen MR) is 70.4 cm³/mol. The highest BCUT2D eigenvalue weighted by molar-refractivity contribution is 5.38. The van der Waals surface area contributed by atoms with Gasteiger partial charge in [0.25, 0.3) is 0 Å². The highest BCUT2D eigenvalue weighted by Crippen LogP contribution is 2.29. The van der Waals surface area contributed by atoms with Crippen LogP contribution in [0.2, 0.25) is 0 Å². The van der Waals surface area contributed by atoms with Gasteiger partial charge in [0.2, 0.25) is 0 Å². The van der Waals surface area contributed by atoms with Gasteiger partial charge in [-0.05, 0) is 30.9 Å². The van der Waals surface area contributed by atoms with Crippen molar-refractivity contribution in [1.82, 2.24) is 4.98 Å². The van der Waals surface area contributed by atoms with Gasteiger partial charge in [0.05, 0.1) is 13.3 Å². The Kier molecular flexibility index (Phi) is 4.24. The molecule has 1 aromatic rings. The summed E-state index contributed by atoms with van der Waals surface area (Å²) in [5, 5.41) is 3.57. The van der Waals surface area contributed by atoms with Crippen LogP contribution in [0.5, 0.6) is 5.75 Å². The van der Waals surface area contributed by atoms with Gasteiger partial charge in [-0.2, -0.15) is 0 Å². The SMILES string of the molecule is CCC1CCCCC1Nc1ccc(OC)cn1. The number of anilines is 1. The van der Waals surface area contributed by atoms with Crippen LogP contribution >= 0.6 is 0 Å². The topological polar surface area (TPSA) is 34.1 Å². The molecule has 0 amide bonds. The molecule has 0 aromatic carbocycles. The van der Waals surface area contributed by atoms with E-state index in [0.29, 0.717) is 6.04 Å². The molecular formula is C14H22N2O. The smallest absolute Gasteiger partial charge is 0.137 e. The molecule has 1 aliphatic carbocycles. The zero-order chi connectivity index (χ0) is 12.1. The minimum Gasteiger partial charge on any atom is -0.495 e. The lowest BCUT2D eigenvalue weighted by atomic mass is 9.83. The molecule has 3 heteroatoms. The Hall–Kier alpha value is -1.25. The highest BCUT2D eigenvalue weighted by Gasteiger charge is 2.23. The molecule has 0 aliphatic heterocycles. The first-order chi connectivity index (χ1) is 8.33. The highest BCUT2D eigenvalue weighted by atomic mass is 16.5. The molecule has 1 aliphatic rings. The van der Waals surface area contributed by atoms with E-state index in [9.17, 15) is 0 Å². The van der Waals surface area contributed by atoms with E-state index in [4.69, 9.17) is 4.74 Å². The summed E-state index contributed by atoms with van der Waals surface area (Å²) in [7, 11) is 1.67. The average molecular weight is 234 g/mol. The maximum absolute atomic E-state index is 5.11. The van der Waals surface area contributed by atoms with Crippen molar-refractivity contribution in [2.24, 2.45) is 5.92 Å².